The van der Waals surface area contributed by atoms with Crippen LogP contribution in [0.1, 0.15) is 24.8 Å². The first-order valence-corrected chi connectivity index (χ1v) is 10.1. The molecule has 1 heterocycles. The van der Waals surface area contributed by atoms with Gasteiger partial charge in [-0.3, -0.25) is 9.59 Å². The van der Waals surface area contributed by atoms with Gasteiger partial charge in [0.1, 0.15) is 5.82 Å². The first kappa shape index (κ1) is 21.1. The highest BCUT2D eigenvalue weighted by Gasteiger charge is 2.62. The number of allylic oxidation sites excluding steroid dienone is 3. The maximum atomic E-state index is 13.8. The van der Waals surface area contributed by atoms with E-state index in [0.717, 1.165) is 16.5 Å². The van der Waals surface area contributed by atoms with E-state index in [0.29, 0.717) is 12.0 Å². The lowest BCUT2D eigenvalue weighted by Gasteiger charge is -2.40. The summed E-state index contributed by atoms with van der Waals surface area (Å²) in [5, 5.41) is 9.85. The van der Waals surface area contributed by atoms with Crippen molar-refractivity contribution in [3.05, 3.63) is 77.1 Å². The van der Waals surface area contributed by atoms with E-state index in [2.05, 4.69) is 6.58 Å². The Labute approximate surface area is 184 Å². The van der Waals surface area contributed by atoms with Gasteiger partial charge < -0.3 is 9.84 Å². The number of phenolic OH excluding ortho intramolecular Hbond substituents is 1. The van der Waals surface area contributed by atoms with E-state index in [4.69, 9.17) is 16.3 Å². The molecule has 1 fully saturated rings. The monoisotopic (exact) mass is 441 g/mol. The van der Waals surface area contributed by atoms with Crippen LogP contribution in [0.4, 0.5) is 10.1 Å². The molecule has 1 aliphatic heterocycles. The van der Waals surface area contributed by atoms with Crippen molar-refractivity contribution in [2.75, 3.05) is 12.0 Å². The van der Waals surface area contributed by atoms with Gasteiger partial charge in [0.15, 0.2) is 11.5 Å². The number of hydrogen-bond acceptors (Lipinski definition) is 4. The number of imide groups is 1. The molecule has 3 atom stereocenters. The fourth-order valence-electron chi connectivity index (χ4n) is 4.77. The highest BCUT2D eigenvalue weighted by atomic mass is 35.5. The summed E-state index contributed by atoms with van der Waals surface area (Å²) in [6.45, 7) is 5.66. The molecule has 4 rings (SSSR count). The number of hydrogen-bond donors (Lipinski definition) is 1. The molecule has 160 valence electrons. The average molecular weight is 442 g/mol. The second-order valence-electron chi connectivity index (χ2n) is 7.92. The summed E-state index contributed by atoms with van der Waals surface area (Å²) in [7, 11) is 1.44. The largest absolute Gasteiger partial charge is 0.504 e. The van der Waals surface area contributed by atoms with Crippen LogP contribution < -0.4 is 9.64 Å². The van der Waals surface area contributed by atoms with Crippen molar-refractivity contribution in [1.29, 1.82) is 0 Å². The Bertz CT molecular complexity index is 1140. The normalized spacial score (nSPS) is 25.3. The van der Waals surface area contributed by atoms with Crippen molar-refractivity contribution in [3.63, 3.8) is 0 Å². The lowest BCUT2D eigenvalue weighted by atomic mass is 9.60. The molecule has 0 radical (unpaired) electrons. The van der Waals surface area contributed by atoms with Gasteiger partial charge in [0.05, 0.1) is 29.2 Å². The van der Waals surface area contributed by atoms with Gasteiger partial charge >= 0.3 is 0 Å². The topological polar surface area (TPSA) is 66.8 Å². The Morgan fingerprint density at radius 1 is 1.29 bits per heavy atom. The van der Waals surface area contributed by atoms with Crippen molar-refractivity contribution >= 4 is 29.1 Å². The average Bonchev–Trinajstić information content (AvgIpc) is 2.95. The SMILES string of the molecule is C=CC1=CCC2C(=O)N(c3ccc(F)c(Cl)c3)C(=O)C2(C)C1c1ccc(O)c(OC)c1. The van der Waals surface area contributed by atoms with Crippen LogP contribution in [0, 0.1) is 17.2 Å². The van der Waals surface area contributed by atoms with E-state index < -0.39 is 29.0 Å². The number of ether oxygens (including phenoxy) is 1. The highest BCUT2D eigenvalue weighted by Crippen LogP contribution is 2.57. The van der Waals surface area contributed by atoms with Crippen LogP contribution in [0.15, 0.2) is 60.7 Å². The third-order valence-corrected chi connectivity index (χ3v) is 6.65. The highest BCUT2D eigenvalue weighted by molar-refractivity contribution is 6.31. The zero-order valence-corrected chi connectivity index (χ0v) is 17.8. The standard InChI is InChI=1S/C24H21ClFNO4/c1-4-13-5-8-16-22(29)27(15-7-9-18(26)17(25)12-15)23(30)24(16,2)21(13)14-6-10-19(28)20(11-14)31-3/h4-7,9-12,16,21,28H,1,8H2,2-3H3. The first-order chi connectivity index (χ1) is 14.7. The summed E-state index contributed by atoms with van der Waals surface area (Å²) in [6.07, 6.45) is 3.97. The lowest BCUT2D eigenvalue weighted by molar-refractivity contribution is -0.127. The number of nitrogens with zero attached hydrogens (tertiary/aromatic N) is 1. The second kappa shape index (κ2) is 7.54. The molecule has 5 nitrogen and oxygen atoms in total. The Balaban J connectivity index is 1.87. The number of phenols is 1. The van der Waals surface area contributed by atoms with Gasteiger partial charge in [0.2, 0.25) is 11.8 Å². The van der Waals surface area contributed by atoms with Gasteiger partial charge in [-0.1, -0.05) is 36.4 Å². The molecule has 1 aliphatic carbocycles. The van der Waals surface area contributed by atoms with Gasteiger partial charge in [0, 0.05) is 5.92 Å². The molecule has 31 heavy (non-hydrogen) atoms. The molecule has 7 heteroatoms. The second-order valence-corrected chi connectivity index (χ2v) is 8.33. The molecule has 0 aromatic heterocycles. The van der Waals surface area contributed by atoms with E-state index in [1.54, 1.807) is 25.1 Å². The molecule has 1 N–H and O–H groups in total. The Morgan fingerprint density at radius 2 is 2.03 bits per heavy atom. The molecule has 0 spiro atoms. The molecule has 2 aromatic carbocycles. The Kier molecular flexibility index (Phi) is 5.13. The number of fused-ring (bicyclic) bond motifs is 1. The summed E-state index contributed by atoms with van der Waals surface area (Å²) in [4.78, 5) is 28.2. The van der Waals surface area contributed by atoms with Crippen LogP contribution in [0.5, 0.6) is 11.5 Å². The predicted octanol–water partition coefficient (Wildman–Crippen LogP) is 4.99. The number of carbonyl (C=O) groups excluding carboxylic acids is 2. The van der Waals surface area contributed by atoms with E-state index in [1.165, 1.54) is 25.3 Å². The van der Waals surface area contributed by atoms with Gasteiger partial charge in [-0.05, 0) is 54.8 Å². The van der Waals surface area contributed by atoms with Crippen LogP contribution in [-0.2, 0) is 9.59 Å². The molecule has 2 aromatic rings. The molecular formula is C24H21ClFNO4. The van der Waals surface area contributed by atoms with Gasteiger partial charge in [0.25, 0.3) is 0 Å². The summed E-state index contributed by atoms with van der Waals surface area (Å²) in [6, 6.07) is 8.67. The van der Waals surface area contributed by atoms with Crippen LogP contribution in [-0.4, -0.2) is 24.0 Å². The van der Waals surface area contributed by atoms with Gasteiger partial charge in [-0.15, -0.1) is 0 Å². The number of carbonyl (C=O) groups is 2. The van der Waals surface area contributed by atoms with E-state index >= 15 is 0 Å². The van der Waals surface area contributed by atoms with Crippen molar-refractivity contribution in [3.8, 4) is 11.5 Å². The smallest absolute Gasteiger partial charge is 0.241 e. The summed E-state index contributed by atoms with van der Waals surface area (Å²) in [5.74, 6) is -2.24. The number of rotatable bonds is 4. The van der Waals surface area contributed by atoms with Crippen LogP contribution in [0.2, 0.25) is 5.02 Å². The van der Waals surface area contributed by atoms with E-state index in [-0.39, 0.29) is 28.1 Å². The third-order valence-electron chi connectivity index (χ3n) is 6.36. The number of halogens is 2. The van der Waals surface area contributed by atoms with E-state index in [9.17, 15) is 19.1 Å². The molecule has 0 saturated carbocycles. The molecule has 2 aliphatic rings. The minimum atomic E-state index is -1.11. The van der Waals surface area contributed by atoms with Gasteiger partial charge in [-0.25, -0.2) is 9.29 Å². The number of methoxy groups -OCH3 is 1. The van der Waals surface area contributed by atoms with Crippen molar-refractivity contribution in [2.45, 2.75) is 19.3 Å². The van der Waals surface area contributed by atoms with Crippen molar-refractivity contribution in [2.24, 2.45) is 11.3 Å². The van der Waals surface area contributed by atoms with Crippen LogP contribution in [0.25, 0.3) is 0 Å². The lowest BCUT2D eigenvalue weighted by Crippen LogP contribution is -2.41. The maximum Gasteiger partial charge on any atom is 0.241 e. The maximum absolute atomic E-state index is 13.8. The summed E-state index contributed by atoms with van der Waals surface area (Å²) >= 11 is 5.91. The predicted molar refractivity (Wildman–Crippen MR) is 116 cm³/mol. The third kappa shape index (κ3) is 3.05. The number of anilines is 1. The Morgan fingerprint density at radius 3 is 2.68 bits per heavy atom. The minimum Gasteiger partial charge on any atom is -0.504 e. The van der Waals surface area contributed by atoms with Gasteiger partial charge in [-0.2, -0.15) is 0 Å². The molecular weight excluding hydrogens is 421 g/mol. The molecule has 0 bridgehead atoms. The summed E-state index contributed by atoms with van der Waals surface area (Å²) < 4.78 is 18.9. The van der Waals surface area contributed by atoms with Crippen LogP contribution in [0.3, 0.4) is 0 Å². The molecule has 2 amide bonds. The fraction of sp³-hybridized carbons (Fsp3) is 0.250. The van der Waals surface area contributed by atoms with E-state index in [1.807, 2.05) is 6.08 Å². The molecule has 1 saturated heterocycles. The zero-order chi connectivity index (χ0) is 22.5. The number of aromatic hydroxyl groups is 1. The van der Waals surface area contributed by atoms with Crippen molar-refractivity contribution in [1.82, 2.24) is 0 Å². The minimum absolute atomic E-state index is 0.0238. The quantitative estimate of drug-likeness (QED) is 0.679. The van der Waals surface area contributed by atoms with Crippen molar-refractivity contribution < 1.29 is 23.8 Å². The van der Waals surface area contributed by atoms with Crippen LogP contribution >= 0.6 is 11.6 Å². The fourth-order valence-corrected chi connectivity index (χ4v) is 4.95. The first-order valence-electron chi connectivity index (χ1n) is 9.76. The zero-order valence-electron chi connectivity index (χ0n) is 17.1. The molecule has 3 unspecified atom stereocenters. The Hall–Kier alpha value is -3.12. The summed E-state index contributed by atoms with van der Waals surface area (Å²) in [5.41, 5.74) is 0.650. The number of amides is 2. The number of benzene rings is 2.